The second kappa shape index (κ2) is 4.93. The van der Waals surface area contributed by atoms with Gasteiger partial charge in [0.1, 0.15) is 16.8 Å². The molecule has 1 aromatic rings. The van der Waals surface area contributed by atoms with Crippen LogP contribution in [-0.2, 0) is 0 Å². The van der Waals surface area contributed by atoms with E-state index in [1.165, 1.54) is 25.7 Å². The molecular weight excluding hydrogens is 258 g/mol. The Morgan fingerprint density at radius 1 is 1.11 bits per heavy atom. The third-order valence-corrected chi connectivity index (χ3v) is 5.20. The summed E-state index contributed by atoms with van der Waals surface area (Å²) in [4.78, 5) is 9.13. The van der Waals surface area contributed by atoms with Gasteiger partial charge in [0, 0.05) is 17.5 Å². The molecule has 1 N–H and O–H groups in total. The van der Waals surface area contributed by atoms with Gasteiger partial charge >= 0.3 is 0 Å². The standard InChI is InChI=1S/C15H22ClN3/c1-8-4-7-12(9(8)2)17-14-10(3)13(16)18-15(19-14)11-5-6-11/h8-9,11-12H,4-7H2,1-3H3,(H,17,18,19). The smallest absolute Gasteiger partial charge is 0.137 e. The molecule has 1 aromatic heterocycles. The average Bonchev–Trinajstić information content (AvgIpc) is 3.17. The number of hydrogen-bond donors (Lipinski definition) is 1. The van der Waals surface area contributed by atoms with Gasteiger partial charge in [-0.3, -0.25) is 0 Å². The van der Waals surface area contributed by atoms with Crippen molar-refractivity contribution < 1.29 is 0 Å². The van der Waals surface area contributed by atoms with E-state index in [-0.39, 0.29) is 0 Å². The van der Waals surface area contributed by atoms with Gasteiger partial charge in [0.15, 0.2) is 0 Å². The molecule has 1 heterocycles. The molecule has 2 aliphatic rings. The van der Waals surface area contributed by atoms with Crippen molar-refractivity contribution in [3.05, 3.63) is 16.5 Å². The van der Waals surface area contributed by atoms with Crippen LogP contribution >= 0.6 is 11.6 Å². The number of aromatic nitrogens is 2. The van der Waals surface area contributed by atoms with Crippen molar-refractivity contribution in [1.29, 1.82) is 0 Å². The lowest BCUT2D eigenvalue weighted by Gasteiger charge is -2.21. The summed E-state index contributed by atoms with van der Waals surface area (Å²) in [5.41, 5.74) is 0.984. The Labute approximate surface area is 120 Å². The first-order valence-corrected chi connectivity index (χ1v) is 7.74. The summed E-state index contributed by atoms with van der Waals surface area (Å²) in [5, 5.41) is 4.23. The third kappa shape index (κ3) is 2.58. The molecule has 0 aromatic carbocycles. The maximum Gasteiger partial charge on any atom is 0.137 e. The van der Waals surface area contributed by atoms with E-state index < -0.39 is 0 Å². The number of halogens is 1. The van der Waals surface area contributed by atoms with Crippen molar-refractivity contribution in [2.24, 2.45) is 11.8 Å². The molecule has 0 amide bonds. The van der Waals surface area contributed by atoms with Crippen LogP contribution in [0, 0.1) is 18.8 Å². The first-order valence-electron chi connectivity index (χ1n) is 7.37. The van der Waals surface area contributed by atoms with Crippen LogP contribution in [0.2, 0.25) is 5.15 Å². The second-order valence-corrected chi connectivity index (χ2v) is 6.64. The summed E-state index contributed by atoms with van der Waals surface area (Å²) in [6.07, 6.45) is 4.93. The average molecular weight is 280 g/mol. The molecule has 3 unspecified atom stereocenters. The molecule has 2 saturated carbocycles. The number of nitrogens with one attached hydrogen (secondary N) is 1. The largest absolute Gasteiger partial charge is 0.367 e. The fraction of sp³-hybridized carbons (Fsp3) is 0.733. The molecular formula is C15H22ClN3. The SMILES string of the molecule is Cc1c(Cl)nc(C2CC2)nc1NC1CCC(C)C1C. The van der Waals surface area contributed by atoms with Gasteiger partial charge in [-0.25, -0.2) is 9.97 Å². The zero-order valence-corrected chi connectivity index (χ0v) is 12.7. The van der Waals surface area contributed by atoms with Gasteiger partial charge in [-0.05, 0) is 44.4 Å². The Kier molecular flexibility index (Phi) is 3.42. The van der Waals surface area contributed by atoms with Gasteiger partial charge in [0.2, 0.25) is 0 Å². The molecule has 3 rings (SSSR count). The van der Waals surface area contributed by atoms with Crippen molar-refractivity contribution in [3.8, 4) is 0 Å². The highest BCUT2D eigenvalue weighted by Crippen LogP contribution is 2.40. The summed E-state index contributed by atoms with van der Waals surface area (Å²) in [6, 6.07) is 0.520. The van der Waals surface area contributed by atoms with E-state index in [9.17, 15) is 0 Å². The van der Waals surface area contributed by atoms with E-state index in [1.807, 2.05) is 6.92 Å². The quantitative estimate of drug-likeness (QED) is 0.844. The van der Waals surface area contributed by atoms with Crippen LogP contribution in [0.25, 0.3) is 0 Å². The molecule has 19 heavy (non-hydrogen) atoms. The van der Waals surface area contributed by atoms with Crippen molar-refractivity contribution in [2.75, 3.05) is 5.32 Å². The van der Waals surface area contributed by atoms with E-state index in [2.05, 4.69) is 24.1 Å². The van der Waals surface area contributed by atoms with E-state index in [1.54, 1.807) is 0 Å². The van der Waals surface area contributed by atoms with Crippen LogP contribution in [0.1, 0.15) is 56.8 Å². The Bertz CT molecular complexity index is 485. The number of hydrogen-bond acceptors (Lipinski definition) is 3. The zero-order valence-electron chi connectivity index (χ0n) is 11.9. The molecule has 3 atom stereocenters. The lowest BCUT2D eigenvalue weighted by molar-refractivity contribution is 0.435. The fourth-order valence-electron chi connectivity index (χ4n) is 2.91. The first kappa shape index (κ1) is 13.2. The fourth-order valence-corrected chi connectivity index (χ4v) is 3.09. The predicted molar refractivity (Wildman–Crippen MR) is 78.7 cm³/mol. The molecule has 0 aliphatic heterocycles. The summed E-state index contributed by atoms with van der Waals surface area (Å²) in [7, 11) is 0. The summed E-state index contributed by atoms with van der Waals surface area (Å²) >= 11 is 6.25. The molecule has 0 spiro atoms. The lowest BCUT2D eigenvalue weighted by Crippen LogP contribution is -2.25. The predicted octanol–water partition coefficient (Wildman–Crippen LogP) is 4.16. The van der Waals surface area contributed by atoms with Crippen molar-refractivity contribution in [3.63, 3.8) is 0 Å². The van der Waals surface area contributed by atoms with Gasteiger partial charge < -0.3 is 5.32 Å². The Morgan fingerprint density at radius 2 is 1.84 bits per heavy atom. The van der Waals surface area contributed by atoms with Crippen LogP contribution in [0.3, 0.4) is 0 Å². The minimum absolute atomic E-state index is 0.520. The highest BCUT2D eigenvalue weighted by molar-refractivity contribution is 6.30. The number of rotatable bonds is 3. The molecule has 4 heteroatoms. The van der Waals surface area contributed by atoms with Gasteiger partial charge in [0.05, 0.1) is 0 Å². The molecule has 0 saturated heterocycles. The Morgan fingerprint density at radius 3 is 2.42 bits per heavy atom. The number of anilines is 1. The maximum atomic E-state index is 6.25. The van der Waals surface area contributed by atoms with Crippen molar-refractivity contribution in [1.82, 2.24) is 9.97 Å². The highest BCUT2D eigenvalue weighted by atomic mass is 35.5. The number of nitrogens with zero attached hydrogens (tertiary/aromatic N) is 2. The molecule has 3 nitrogen and oxygen atoms in total. The molecule has 0 bridgehead atoms. The minimum atomic E-state index is 0.520. The Balaban J connectivity index is 1.83. The van der Waals surface area contributed by atoms with Crippen LogP contribution in [-0.4, -0.2) is 16.0 Å². The topological polar surface area (TPSA) is 37.8 Å². The lowest BCUT2D eigenvalue weighted by atomic mass is 9.98. The van der Waals surface area contributed by atoms with Crippen LogP contribution < -0.4 is 5.32 Å². The second-order valence-electron chi connectivity index (χ2n) is 6.29. The van der Waals surface area contributed by atoms with Gasteiger partial charge in [-0.15, -0.1) is 0 Å². The van der Waals surface area contributed by atoms with Gasteiger partial charge in [0.25, 0.3) is 0 Å². The van der Waals surface area contributed by atoms with Gasteiger partial charge in [-0.1, -0.05) is 25.4 Å². The minimum Gasteiger partial charge on any atom is -0.367 e. The highest BCUT2D eigenvalue weighted by Gasteiger charge is 2.32. The monoisotopic (exact) mass is 279 g/mol. The summed E-state index contributed by atoms with van der Waals surface area (Å²) < 4.78 is 0. The Hall–Kier alpha value is -0.830. The molecule has 104 valence electrons. The van der Waals surface area contributed by atoms with E-state index >= 15 is 0 Å². The molecule has 2 aliphatic carbocycles. The van der Waals surface area contributed by atoms with Crippen LogP contribution in [0.15, 0.2) is 0 Å². The third-order valence-electron chi connectivity index (χ3n) is 4.83. The van der Waals surface area contributed by atoms with Crippen LogP contribution in [0.4, 0.5) is 5.82 Å². The van der Waals surface area contributed by atoms with Crippen molar-refractivity contribution >= 4 is 17.4 Å². The molecule has 0 radical (unpaired) electrons. The van der Waals surface area contributed by atoms with Gasteiger partial charge in [-0.2, -0.15) is 0 Å². The zero-order chi connectivity index (χ0) is 13.6. The normalized spacial score (nSPS) is 30.6. The van der Waals surface area contributed by atoms with Crippen LogP contribution in [0.5, 0.6) is 0 Å². The van der Waals surface area contributed by atoms with E-state index in [0.717, 1.165) is 23.1 Å². The molecule has 2 fully saturated rings. The maximum absolute atomic E-state index is 6.25. The van der Waals surface area contributed by atoms with E-state index in [4.69, 9.17) is 16.6 Å². The van der Waals surface area contributed by atoms with Crippen molar-refractivity contribution in [2.45, 2.75) is 58.4 Å². The summed E-state index contributed by atoms with van der Waals surface area (Å²) in [6.45, 7) is 6.67. The summed E-state index contributed by atoms with van der Waals surface area (Å²) in [5.74, 6) is 3.90. The van der Waals surface area contributed by atoms with E-state index in [0.29, 0.717) is 23.0 Å². The first-order chi connectivity index (χ1) is 9.06.